The summed E-state index contributed by atoms with van der Waals surface area (Å²) in [5, 5.41) is 20.4. The average molecular weight is 356 g/mol. The zero-order valence-electron chi connectivity index (χ0n) is 16.3. The van der Waals surface area contributed by atoms with E-state index in [1.807, 2.05) is 0 Å². The van der Waals surface area contributed by atoms with Gasteiger partial charge in [0.2, 0.25) is 5.91 Å². The van der Waals surface area contributed by atoms with E-state index >= 15 is 0 Å². The molecular formula is C21H41NO3. The van der Waals surface area contributed by atoms with E-state index in [4.69, 9.17) is 10.2 Å². The summed E-state index contributed by atoms with van der Waals surface area (Å²) in [6, 6.07) is -0.518. The van der Waals surface area contributed by atoms with Crippen molar-refractivity contribution in [2.24, 2.45) is 0 Å². The predicted molar refractivity (Wildman–Crippen MR) is 106 cm³/mol. The van der Waals surface area contributed by atoms with Crippen LogP contribution in [0.5, 0.6) is 0 Å². The van der Waals surface area contributed by atoms with Crippen molar-refractivity contribution in [3.8, 4) is 0 Å². The van der Waals surface area contributed by atoms with Gasteiger partial charge in [-0.2, -0.15) is 0 Å². The van der Waals surface area contributed by atoms with Crippen LogP contribution in [-0.4, -0.2) is 35.4 Å². The van der Waals surface area contributed by atoms with E-state index in [1.54, 1.807) is 0 Å². The Kier molecular flexibility index (Phi) is 18.8. The molecule has 0 aliphatic heterocycles. The number of unbranched alkanes of at least 4 members (excludes halogenated alkanes) is 11. The number of aliphatic hydroxyl groups excluding tert-OH is 2. The monoisotopic (exact) mass is 355 g/mol. The minimum Gasteiger partial charge on any atom is -0.394 e. The SMILES string of the molecule is CCCCCCCC/C=C\CCCCCCCC(=O)NC(CO)CO. The van der Waals surface area contributed by atoms with Crippen molar-refractivity contribution in [3.63, 3.8) is 0 Å². The summed E-state index contributed by atoms with van der Waals surface area (Å²) in [6.07, 6.45) is 21.3. The third-order valence-electron chi connectivity index (χ3n) is 4.47. The molecule has 0 heterocycles. The van der Waals surface area contributed by atoms with E-state index in [9.17, 15) is 4.79 Å². The number of amides is 1. The first-order valence-electron chi connectivity index (χ1n) is 10.4. The molecule has 0 saturated carbocycles. The Morgan fingerprint density at radius 2 is 1.28 bits per heavy atom. The number of carbonyl (C=O) groups is 1. The average Bonchev–Trinajstić information content (AvgIpc) is 2.62. The van der Waals surface area contributed by atoms with Gasteiger partial charge in [0.15, 0.2) is 0 Å². The fraction of sp³-hybridized carbons (Fsp3) is 0.857. The van der Waals surface area contributed by atoms with Crippen LogP contribution in [0.1, 0.15) is 96.8 Å². The molecule has 0 aromatic carbocycles. The third-order valence-corrected chi connectivity index (χ3v) is 4.47. The fourth-order valence-electron chi connectivity index (χ4n) is 2.81. The van der Waals surface area contributed by atoms with E-state index in [0.29, 0.717) is 6.42 Å². The van der Waals surface area contributed by atoms with Crippen molar-refractivity contribution < 1.29 is 15.0 Å². The number of hydrogen-bond donors (Lipinski definition) is 3. The topological polar surface area (TPSA) is 69.6 Å². The van der Waals surface area contributed by atoms with Gasteiger partial charge in [0.05, 0.1) is 19.3 Å². The van der Waals surface area contributed by atoms with Crippen LogP contribution in [0.25, 0.3) is 0 Å². The van der Waals surface area contributed by atoms with E-state index in [0.717, 1.165) is 12.8 Å². The Morgan fingerprint density at radius 3 is 1.80 bits per heavy atom. The number of rotatable bonds is 18. The van der Waals surface area contributed by atoms with Gasteiger partial charge in [-0.05, 0) is 32.1 Å². The van der Waals surface area contributed by atoms with Gasteiger partial charge in [0.25, 0.3) is 0 Å². The summed E-state index contributed by atoms with van der Waals surface area (Å²) < 4.78 is 0. The van der Waals surface area contributed by atoms with Crippen LogP contribution in [0.4, 0.5) is 0 Å². The zero-order chi connectivity index (χ0) is 18.6. The molecule has 3 N–H and O–H groups in total. The normalized spacial score (nSPS) is 11.5. The number of nitrogens with one attached hydrogen (secondary N) is 1. The van der Waals surface area contributed by atoms with Crippen LogP contribution in [-0.2, 0) is 4.79 Å². The molecule has 1 amide bonds. The molecule has 0 radical (unpaired) electrons. The highest BCUT2D eigenvalue weighted by Gasteiger charge is 2.09. The van der Waals surface area contributed by atoms with Gasteiger partial charge in [-0.25, -0.2) is 0 Å². The number of aliphatic hydroxyl groups is 2. The largest absolute Gasteiger partial charge is 0.394 e. The van der Waals surface area contributed by atoms with Crippen molar-refractivity contribution in [3.05, 3.63) is 12.2 Å². The Bertz CT molecular complexity index is 314. The Labute approximate surface area is 155 Å². The highest BCUT2D eigenvalue weighted by molar-refractivity contribution is 5.76. The first-order valence-corrected chi connectivity index (χ1v) is 10.4. The molecule has 0 aromatic rings. The summed E-state index contributed by atoms with van der Waals surface area (Å²) in [5.41, 5.74) is 0. The zero-order valence-corrected chi connectivity index (χ0v) is 16.3. The lowest BCUT2D eigenvalue weighted by Crippen LogP contribution is -2.39. The molecule has 0 atom stereocenters. The van der Waals surface area contributed by atoms with Crippen LogP contribution in [0, 0.1) is 0 Å². The standard InChI is InChI=1S/C21H41NO3/c1-2-3-4-5-6-7-8-9-10-11-12-13-14-15-16-17-21(25)22-20(18-23)19-24/h9-10,20,23-24H,2-8,11-19H2,1H3,(H,22,25)/b10-9-. The van der Waals surface area contributed by atoms with Crippen molar-refractivity contribution in [2.45, 2.75) is 103 Å². The van der Waals surface area contributed by atoms with Crippen molar-refractivity contribution >= 4 is 5.91 Å². The Hall–Kier alpha value is -0.870. The van der Waals surface area contributed by atoms with Crippen molar-refractivity contribution in [1.29, 1.82) is 0 Å². The van der Waals surface area contributed by atoms with E-state index in [2.05, 4.69) is 24.4 Å². The second-order valence-corrected chi connectivity index (χ2v) is 6.96. The maximum atomic E-state index is 11.6. The quantitative estimate of drug-likeness (QED) is 0.250. The summed E-state index contributed by atoms with van der Waals surface area (Å²) in [7, 11) is 0. The molecule has 4 heteroatoms. The lowest BCUT2D eigenvalue weighted by Gasteiger charge is -2.12. The molecule has 0 unspecified atom stereocenters. The van der Waals surface area contributed by atoms with Gasteiger partial charge in [-0.15, -0.1) is 0 Å². The van der Waals surface area contributed by atoms with E-state index < -0.39 is 6.04 Å². The summed E-state index contributed by atoms with van der Waals surface area (Å²) >= 11 is 0. The van der Waals surface area contributed by atoms with Gasteiger partial charge in [-0.3, -0.25) is 4.79 Å². The third kappa shape index (κ3) is 17.7. The highest BCUT2D eigenvalue weighted by atomic mass is 16.3. The van der Waals surface area contributed by atoms with E-state index in [-0.39, 0.29) is 19.1 Å². The second kappa shape index (κ2) is 19.5. The van der Waals surface area contributed by atoms with Gasteiger partial charge >= 0.3 is 0 Å². The number of allylic oxidation sites excluding steroid dienone is 2. The van der Waals surface area contributed by atoms with Gasteiger partial charge in [-0.1, -0.05) is 70.4 Å². The lowest BCUT2D eigenvalue weighted by atomic mass is 10.1. The first-order chi connectivity index (χ1) is 12.2. The molecule has 0 aromatic heterocycles. The maximum Gasteiger partial charge on any atom is 0.220 e. The number of hydrogen-bond acceptors (Lipinski definition) is 3. The maximum absolute atomic E-state index is 11.6. The fourth-order valence-corrected chi connectivity index (χ4v) is 2.81. The minimum atomic E-state index is -0.518. The van der Waals surface area contributed by atoms with Crippen molar-refractivity contribution in [1.82, 2.24) is 5.32 Å². The lowest BCUT2D eigenvalue weighted by molar-refractivity contribution is -0.122. The van der Waals surface area contributed by atoms with Crippen LogP contribution in [0.3, 0.4) is 0 Å². The van der Waals surface area contributed by atoms with Gasteiger partial charge < -0.3 is 15.5 Å². The molecule has 0 fully saturated rings. The molecule has 0 spiro atoms. The molecule has 0 aliphatic carbocycles. The van der Waals surface area contributed by atoms with Crippen LogP contribution in [0.15, 0.2) is 12.2 Å². The molecule has 25 heavy (non-hydrogen) atoms. The van der Waals surface area contributed by atoms with Crippen molar-refractivity contribution in [2.75, 3.05) is 13.2 Å². The molecule has 0 bridgehead atoms. The minimum absolute atomic E-state index is 0.0780. The molecule has 0 rings (SSSR count). The molecule has 148 valence electrons. The number of carbonyl (C=O) groups excluding carboxylic acids is 1. The molecule has 4 nitrogen and oxygen atoms in total. The summed E-state index contributed by atoms with van der Waals surface area (Å²) in [6.45, 7) is 1.83. The van der Waals surface area contributed by atoms with Crippen LogP contribution >= 0.6 is 0 Å². The summed E-state index contributed by atoms with van der Waals surface area (Å²) in [5.74, 6) is -0.0780. The van der Waals surface area contributed by atoms with E-state index in [1.165, 1.54) is 70.6 Å². The first kappa shape index (κ1) is 24.1. The molecule has 0 aliphatic rings. The Balaban J connectivity index is 3.28. The Morgan fingerprint density at radius 1 is 0.800 bits per heavy atom. The predicted octanol–water partition coefficient (Wildman–Crippen LogP) is 4.49. The molecular weight excluding hydrogens is 314 g/mol. The molecule has 0 saturated heterocycles. The highest BCUT2D eigenvalue weighted by Crippen LogP contribution is 2.10. The van der Waals surface area contributed by atoms with Gasteiger partial charge in [0, 0.05) is 6.42 Å². The second-order valence-electron chi connectivity index (χ2n) is 6.96. The smallest absolute Gasteiger partial charge is 0.220 e. The van der Waals surface area contributed by atoms with Gasteiger partial charge in [0.1, 0.15) is 0 Å². The van der Waals surface area contributed by atoms with Crippen LogP contribution in [0.2, 0.25) is 0 Å². The summed E-state index contributed by atoms with van der Waals surface area (Å²) in [4.78, 5) is 11.6. The van der Waals surface area contributed by atoms with Crippen LogP contribution < -0.4 is 5.32 Å².